The largest absolute Gasteiger partial charge is 0.497 e. The summed E-state index contributed by atoms with van der Waals surface area (Å²) in [6.07, 6.45) is 2.43. The monoisotopic (exact) mass is 935 g/mol. The number of hydrogen-bond acceptors (Lipinski definition) is 20. The molecule has 0 saturated heterocycles. The van der Waals surface area contributed by atoms with Gasteiger partial charge in [0.25, 0.3) is 0 Å². The summed E-state index contributed by atoms with van der Waals surface area (Å²) in [6, 6.07) is 22.1. The molecule has 6 aromatic heterocycles. The van der Waals surface area contributed by atoms with Crippen molar-refractivity contribution in [2.75, 3.05) is 14.2 Å². The highest BCUT2D eigenvalue weighted by molar-refractivity contribution is 7.15. The molecule has 0 saturated carbocycles. The van der Waals surface area contributed by atoms with Gasteiger partial charge in [0, 0.05) is 55.8 Å². The Morgan fingerprint density at radius 2 is 0.985 bits per heavy atom. The topological polar surface area (TPSA) is 250 Å². The summed E-state index contributed by atoms with van der Waals surface area (Å²) in [5.74, 6) is 1.32. The van der Waals surface area contributed by atoms with Gasteiger partial charge in [-0.25, -0.2) is 29.3 Å². The molecular weight excluding hydrogens is 903 g/mol. The maximum atomic E-state index is 12.1. The van der Waals surface area contributed by atoms with Crippen LogP contribution in [0.25, 0.3) is 64.6 Å². The average molecular weight is 936 g/mol. The highest BCUT2D eigenvalue weighted by Crippen LogP contribution is 2.29. The number of aromatic nitrogens is 3. The van der Waals surface area contributed by atoms with Crippen LogP contribution >= 0.6 is 34.0 Å². The predicted octanol–water partition coefficient (Wildman–Crippen LogP) is 8.25. The van der Waals surface area contributed by atoms with Crippen molar-refractivity contribution in [1.29, 1.82) is 0 Å². The first-order valence-electron chi connectivity index (χ1n) is 18.3. The van der Waals surface area contributed by atoms with E-state index in [0.717, 1.165) is 38.0 Å². The van der Waals surface area contributed by atoms with Crippen LogP contribution in [0.15, 0.2) is 117 Å². The van der Waals surface area contributed by atoms with Crippen molar-refractivity contribution < 1.29 is 51.5 Å². The molecule has 0 fully saturated rings. The number of nitrogens with zero attached hydrogens (tertiary/aromatic N) is 3. The molecular formula is C45H33N3O14S3. The molecule has 0 aliphatic carbocycles. The van der Waals surface area contributed by atoms with E-state index in [-0.39, 0.29) is 35.3 Å². The second-order valence-corrected chi connectivity index (χ2v) is 15.7. The molecule has 65 heavy (non-hydrogen) atoms. The molecule has 9 aromatic rings. The standard InChI is InChI=1S/C15H13NO3S.C14H11NO3S.C13H9NO2S.3CO2/c1-8-9(2)20-14(16-8)12-6-10-4-5-11(18-3)7-13(10)19-15(12)17;1-8-7-19-13(15-8)11-5-9-3-4-10(17-2)6-12(9)18-14(11)16;1-8-2-3-9-7-10(12-14-4-5-17-12)13(15)16-11(9)6-8;3*2-1-3/h4-7H,1-3H3;3-7H,1-2H3;2-7H,1H3;;;. The Balaban J connectivity index is 0.000000196. The van der Waals surface area contributed by atoms with Crippen molar-refractivity contribution in [3.63, 3.8) is 0 Å². The van der Waals surface area contributed by atoms with E-state index >= 15 is 0 Å². The molecule has 17 nitrogen and oxygen atoms in total. The van der Waals surface area contributed by atoms with E-state index in [2.05, 4.69) is 15.0 Å². The van der Waals surface area contributed by atoms with E-state index in [4.69, 9.17) is 51.5 Å². The molecule has 0 aliphatic heterocycles. The van der Waals surface area contributed by atoms with Crippen molar-refractivity contribution >= 4 is 85.4 Å². The van der Waals surface area contributed by atoms with Crippen LogP contribution in [0.1, 0.15) is 21.8 Å². The first-order valence-corrected chi connectivity index (χ1v) is 20.8. The lowest BCUT2D eigenvalue weighted by Crippen LogP contribution is -2.02. The smallest absolute Gasteiger partial charge is 0.373 e. The summed E-state index contributed by atoms with van der Waals surface area (Å²) < 4.78 is 26.2. The fourth-order valence-corrected chi connectivity index (χ4v) is 7.89. The number of aryl methyl sites for hydroxylation is 4. The summed E-state index contributed by atoms with van der Waals surface area (Å²) in [7, 11) is 3.15. The van der Waals surface area contributed by atoms with Gasteiger partial charge in [0.05, 0.1) is 36.6 Å². The number of ether oxygens (including phenoxy) is 2. The van der Waals surface area contributed by atoms with E-state index in [1.54, 1.807) is 38.6 Å². The van der Waals surface area contributed by atoms with E-state index in [0.29, 0.717) is 60.0 Å². The van der Waals surface area contributed by atoms with Gasteiger partial charge in [0.1, 0.15) is 43.3 Å². The van der Waals surface area contributed by atoms with Gasteiger partial charge in [-0.05, 0) is 81.8 Å². The zero-order valence-corrected chi connectivity index (χ0v) is 37.4. The summed E-state index contributed by atoms with van der Waals surface area (Å²) in [5.41, 5.74) is 5.00. The number of methoxy groups -OCH3 is 2. The van der Waals surface area contributed by atoms with Gasteiger partial charge in [-0.15, -0.1) is 34.0 Å². The molecule has 0 atom stereocenters. The quantitative estimate of drug-likeness (QED) is 0.147. The molecule has 0 radical (unpaired) electrons. The average Bonchev–Trinajstić information content (AvgIpc) is 4.06. The number of rotatable bonds is 5. The second-order valence-electron chi connectivity index (χ2n) is 12.7. The lowest BCUT2D eigenvalue weighted by molar-refractivity contribution is -0.193. The maximum absolute atomic E-state index is 12.1. The summed E-state index contributed by atoms with van der Waals surface area (Å²) in [4.78, 5) is 98.7. The van der Waals surface area contributed by atoms with E-state index in [9.17, 15) is 14.4 Å². The van der Waals surface area contributed by atoms with Gasteiger partial charge >= 0.3 is 35.3 Å². The lowest BCUT2D eigenvalue weighted by Gasteiger charge is -2.02. The van der Waals surface area contributed by atoms with Crippen LogP contribution in [0.5, 0.6) is 11.5 Å². The highest BCUT2D eigenvalue weighted by atomic mass is 32.1. The Morgan fingerprint density at radius 1 is 0.538 bits per heavy atom. The molecule has 0 bridgehead atoms. The van der Waals surface area contributed by atoms with Crippen molar-refractivity contribution in [3.8, 4) is 43.2 Å². The van der Waals surface area contributed by atoms with Gasteiger partial charge in [-0.1, -0.05) is 12.1 Å². The van der Waals surface area contributed by atoms with Crippen LogP contribution in [0.3, 0.4) is 0 Å². The Kier molecular flexibility index (Phi) is 18.3. The van der Waals surface area contributed by atoms with Gasteiger partial charge < -0.3 is 22.7 Å². The van der Waals surface area contributed by atoms with Gasteiger partial charge in [-0.3, -0.25) is 0 Å². The van der Waals surface area contributed by atoms with Crippen LogP contribution in [0.4, 0.5) is 0 Å². The van der Waals surface area contributed by atoms with Crippen LogP contribution in [0, 0.1) is 27.7 Å². The first-order chi connectivity index (χ1) is 31.2. The minimum Gasteiger partial charge on any atom is -0.497 e. The third kappa shape index (κ3) is 13.2. The fraction of sp³-hybridized carbons (Fsp3) is 0.133. The predicted molar refractivity (Wildman–Crippen MR) is 238 cm³/mol. The summed E-state index contributed by atoms with van der Waals surface area (Å²) in [5, 5.41) is 8.45. The number of fused-ring (bicyclic) bond motifs is 3. The zero-order chi connectivity index (χ0) is 47.6. The Bertz CT molecular complexity index is 3300. The Morgan fingerprint density at radius 3 is 1.38 bits per heavy atom. The molecule has 0 amide bonds. The van der Waals surface area contributed by atoms with Crippen LogP contribution in [-0.2, 0) is 28.8 Å². The van der Waals surface area contributed by atoms with Crippen LogP contribution in [-0.4, -0.2) is 47.6 Å². The highest BCUT2D eigenvalue weighted by Gasteiger charge is 2.14. The molecule has 20 heteroatoms. The van der Waals surface area contributed by atoms with E-state index in [1.807, 2.05) is 93.1 Å². The van der Waals surface area contributed by atoms with E-state index < -0.39 is 0 Å². The normalized spacial score (nSPS) is 9.75. The van der Waals surface area contributed by atoms with Crippen molar-refractivity contribution in [2.45, 2.75) is 27.7 Å². The molecule has 3 aromatic carbocycles. The third-order valence-corrected chi connectivity index (χ3v) is 11.5. The Hall–Kier alpha value is -8.08. The Labute approximate surface area is 378 Å². The molecule has 9 rings (SSSR count). The summed E-state index contributed by atoms with van der Waals surface area (Å²) >= 11 is 4.37. The van der Waals surface area contributed by atoms with Crippen molar-refractivity contribution in [2.24, 2.45) is 0 Å². The number of thiazole rings is 3. The van der Waals surface area contributed by atoms with E-state index in [1.165, 1.54) is 34.0 Å². The molecule has 0 unspecified atom stereocenters. The first kappa shape index (κ1) is 49.6. The molecule has 330 valence electrons. The second kappa shape index (κ2) is 23.9. The van der Waals surface area contributed by atoms with Crippen molar-refractivity contribution in [1.82, 2.24) is 15.0 Å². The SMILES string of the molecule is COc1ccc2cc(-c3nc(C)c(C)s3)c(=O)oc2c1.COc1ccc2cc(-c3nc(C)cs3)c(=O)oc2c1.Cc1ccc2cc(-c3nccs3)c(=O)oc2c1.O=C=O.O=C=O.O=C=O. The fourth-order valence-electron chi connectivity index (χ4n) is 5.52. The van der Waals surface area contributed by atoms with Gasteiger partial charge in [-0.2, -0.15) is 28.8 Å². The third-order valence-electron chi connectivity index (χ3n) is 8.55. The number of carbonyl (C=O) groups excluding carboxylic acids is 6. The number of hydrogen-bond donors (Lipinski definition) is 0. The van der Waals surface area contributed by atoms with Crippen LogP contribution in [0.2, 0.25) is 0 Å². The molecule has 0 aliphatic rings. The summed E-state index contributed by atoms with van der Waals surface area (Å²) in [6.45, 7) is 7.79. The minimum absolute atomic E-state index is 0.250. The minimum atomic E-state index is -0.380. The number of benzene rings is 3. The van der Waals surface area contributed by atoms with Gasteiger partial charge in [0.2, 0.25) is 0 Å². The lowest BCUT2D eigenvalue weighted by atomic mass is 10.1. The molecule has 0 N–H and O–H groups in total. The van der Waals surface area contributed by atoms with Gasteiger partial charge in [0.15, 0.2) is 0 Å². The van der Waals surface area contributed by atoms with Crippen molar-refractivity contribution in [3.05, 3.63) is 143 Å². The van der Waals surface area contributed by atoms with Crippen LogP contribution < -0.4 is 26.4 Å². The molecule has 0 spiro atoms. The maximum Gasteiger partial charge on any atom is 0.373 e. The molecule has 6 heterocycles. The zero-order valence-electron chi connectivity index (χ0n) is 34.9.